The quantitative estimate of drug-likeness (QED) is 0.726. The number of carbonyl (C=O) groups is 3. The van der Waals surface area contributed by atoms with Gasteiger partial charge in [-0.2, -0.15) is 0 Å². The number of aryl methyl sites for hydroxylation is 1. The van der Waals surface area contributed by atoms with Crippen LogP contribution >= 0.6 is 0 Å². The Balaban J connectivity index is 1.79. The summed E-state index contributed by atoms with van der Waals surface area (Å²) in [4.78, 5) is 35.5. The van der Waals surface area contributed by atoms with Crippen molar-refractivity contribution in [2.45, 2.75) is 39.2 Å². The highest BCUT2D eigenvalue weighted by molar-refractivity contribution is 6.03. The van der Waals surface area contributed by atoms with Crippen molar-refractivity contribution in [3.8, 4) is 5.75 Å². The van der Waals surface area contributed by atoms with E-state index >= 15 is 0 Å². The number of hydrogen-bond donors (Lipinski definition) is 1. The number of ketones is 1. The monoisotopic (exact) mass is 333 g/mol. The molecule has 1 aromatic rings. The molecule has 1 fully saturated rings. The number of nitrogens with zero attached hydrogens (tertiary/aromatic N) is 1. The highest BCUT2D eigenvalue weighted by Gasteiger charge is 2.36. The summed E-state index contributed by atoms with van der Waals surface area (Å²) in [6.07, 6.45) is 0.472. The van der Waals surface area contributed by atoms with Gasteiger partial charge in [-0.05, 0) is 31.0 Å². The number of carbonyl (C=O) groups excluding carboxylic acids is 3. The summed E-state index contributed by atoms with van der Waals surface area (Å²) >= 11 is 0. The fourth-order valence-electron chi connectivity index (χ4n) is 2.57. The maximum Gasteiger partial charge on any atom is 0.232 e. The molecular weight excluding hydrogens is 310 g/mol. The number of likely N-dealkylation sites (tertiary alicyclic amines) is 1. The molecule has 2 amide bonds. The molecule has 0 bridgehead atoms. The Morgan fingerprint density at radius 1 is 1.33 bits per heavy atom. The van der Waals surface area contributed by atoms with Gasteiger partial charge in [-0.1, -0.05) is 19.1 Å². The van der Waals surface area contributed by atoms with Crippen LogP contribution in [0.15, 0.2) is 24.3 Å². The molecule has 0 radical (unpaired) electrons. The van der Waals surface area contributed by atoms with Gasteiger partial charge in [0, 0.05) is 18.8 Å². The molecule has 2 atom stereocenters. The van der Waals surface area contributed by atoms with Crippen LogP contribution in [0.3, 0.4) is 0 Å². The van der Waals surface area contributed by atoms with Crippen LogP contribution in [0.1, 0.15) is 32.3 Å². The Bertz CT molecular complexity index is 610. The standard InChI is InChI=1S/C18H23NO5/c1-12-9-17(22)19(18(12)23)10-15(21)11-24-16-7-5-14(6-8-16)4-3-13(2)20/h5-8,12,15,21H,3-4,9-11H2,1-2H3/t12-,15+/m1/s1. The van der Waals surface area contributed by atoms with Crippen molar-refractivity contribution in [2.75, 3.05) is 13.2 Å². The first-order valence-corrected chi connectivity index (χ1v) is 8.10. The summed E-state index contributed by atoms with van der Waals surface area (Å²) in [6, 6.07) is 7.30. The van der Waals surface area contributed by atoms with Crippen LogP contribution in [-0.2, 0) is 20.8 Å². The van der Waals surface area contributed by atoms with Crippen LogP contribution in [-0.4, -0.2) is 46.9 Å². The van der Waals surface area contributed by atoms with E-state index in [9.17, 15) is 19.5 Å². The second-order valence-corrected chi connectivity index (χ2v) is 6.26. The summed E-state index contributed by atoms with van der Waals surface area (Å²) in [5.74, 6) is -0.0599. The average molecular weight is 333 g/mol. The lowest BCUT2D eigenvalue weighted by atomic mass is 10.1. The van der Waals surface area contributed by atoms with Gasteiger partial charge in [-0.15, -0.1) is 0 Å². The molecule has 1 saturated heterocycles. The molecule has 130 valence electrons. The van der Waals surface area contributed by atoms with Crippen molar-refractivity contribution in [1.29, 1.82) is 0 Å². The molecule has 0 aliphatic carbocycles. The molecule has 1 N–H and O–H groups in total. The first-order chi connectivity index (χ1) is 11.4. The number of ether oxygens (including phenoxy) is 1. The van der Waals surface area contributed by atoms with Gasteiger partial charge < -0.3 is 14.6 Å². The molecule has 0 aromatic heterocycles. The molecular formula is C18H23NO5. The minimum atomic E-state index is -0.930. The molecule has 6 nitrogen and oxygen atoms in total. The van der Waals surface area contributed by atoms with Crippen LogP contribution in [0.5, 0.6) is 5.75 Å². The fraction of sp³-hybridized carbons (Fsp3) is 0.500. The molecule has 2 rings (SSSR count). The number of rotatable bonds is 8. The normalized spacial score (nSPS) is 18.8. The summed E-state index contributed by atoms with van der Waals surface area (Å²) in [7, 11) is 0. The van der Waals surface area contributed by atoms with Crippen LogP contribution in [0, 0.1) is 5.92 Å². The Morgan fingerprint density at radius 2 is 2.00 bits per heavy atom. The summed E-state index contributed by atoms with van der Waals surface area (Å²) < 4.78 is 5.49. The van der Waals surface area contributed by atoms with Gasteiger partial charge in [-0.3, -0.25) is 14.5 Å². The number of β-amino-alcohol motifs (C(OH)–C–C–N with tert-alkyl or cyclic N) is 1. The maximum absolute atomic E-state index is 11.8. The molecule has 0 spiro atoms. The topological polar surface area (TPSA) is 83.9 Å². The zero-order valence-corrected chi connectivity index (χ0v) is 14.0. The van der Waals surface area contributed by atoms with Crippen molar-refractivity contribution in [2.24, 2.45) is 5.92 Å². The number of amides is 2. The second-order valence-electron chi connectivity index (χ2n) is 6.26. The second kappa shape index (κ2) is 8.06. The lowest BCUT2D eigenvalue weighted by molar-refractivity contribution is -0.141. The van der Waals surface area contributed by atoms with Gasteiger partial charge in [0.25, 0.3) is 0 Å². The Hall–Kier alpha value is -2.21. The number of hydrogen-bond acceptors (Lipinski definition) is 5. The van der Waals surface area contributed by atoms with Crippen molar-refractivity contribution < 1.29 is 24.2 Å². The molecule has 1 aliphatic rings. The largest absolute Gasteiger partial charge is 0.491 e. The van der Waals surface area contributed by atoms with Gasteiger partial charge in [0.05, 0.1) is 6.54 Å². The van der Waals surface area contributed by atoms with E-state index < -0.39 is 6.10 Å². The van der Waals surface area contributed by atoms with E-state index in [0.29, 0.717) is 18.6 Å². The number of imide groups is 1. The zero-order chi connectivity index (χ0) is 17.7. The number of benzene rings is 1. The van der Waals surface area contributed by atoms with Crippen LogP contribution < -0.4 is 4.74 Å². The van der Waals surface area contributed by atoms with E-state index in [1.165, 1.54) is 0 Å². The summed E-state index contributed by atoms with van der Waals surface area (Å²) in [5.41, 5.74) is 1.04. The third kappa shape index (κ3) is 4.89. The summed E-state index contributed by atoms with van der Waals surface area (Å²) in [5, 5.41) is 9.98. The van der Waals surface area contributed by atoms with E-state index in [-0.39, 0.29) is 43.1 Å². The smallest absolute Gasteiger partial charge is 0.232 e. The van der Waals surface area contributed by atoms with E-state index in [1.54, 1.807) is 26.0 Å². The van der Waals surface area contributed by atoms with Crippen LogP contribution in [0.4, 0.5) is 0 Å². The van der Waals surface area contributed by atoms with Crippen molar-refractivity contribution >= 4 is 17.6 Å². The molecule has 1 heterocycles. The van der Waals surface area contributed by atoms with E-state index in [2.05, 4.69) is 0 Å². The minimum Gasteiger partial charge on any atom is -0.491 e. The van der Waals surface area contributed by atoms with Crippen molar-refractivity contribution in [1.82, 2.24) is 4.90 Å². The minimum absolute atomic E-state index is 0.00175. The van der Waals surface area contributed by atoms with Crippen molar-refractivity contribution in [3.63, 3.8) is 0 Å². The van der Waals surface area contributed by atoms with Gasteiger partial charge in [-0.25, -0.2) is 0 Å². The van der Waals surface area contributed by atoms with Gasteiger partial charge in [0.1, 0.15) is 24.2 Å². The molecule has 1 aliphatic heterocycles. The number of aliphatic hydroxyl groups is 1. The van der Waals surface area contributed by atoms with Crippen LogP contribution in [0.25, 0.3) is 0 Å². The molecule has 0 saturated carbocycles. The number of aliphatic hydroxyl groups excluding tert-OH is 1. The molecule has 6 heteroatoms. The van der Waals surface area contributed by atoms with E-state index in [1.807, 2.05) is 12.1 Å². The Kier molecular flexibility index (Phi) is 6.09. The first kappa shape index (κ1) is 18.1. The average Bonchev–Trinajstić information content (AvgIpc) is 2.78. The predicted octanol–water partition coefficient (Wildman–Crippen LogP) is 1.34. The van der Waals surface area contributed by atoms with E-state index in [0.717, 1.165) is 10.5 Å². The highest BCUT2D eigenvalue weighted by atomic mass is 16.5. The zero-order valence-electron chi connectivity index (χ0n) is 14.0. The van der Waals surface area contributed by atoms with Crippen LogP contribution in [0.2, 0.25) is 0 Å². The Morgan fingerprint density at radius 3 is 2.54 bits per heavy atom. The van der Waals surface area contributed by atoms with Gasteiger partial charge in [0.2, 0.25) is 11.8 Å². The third-order valence-electron chi connectivity index (χ3n) is 3.99. The first-order valence-electron chi connectivity index (χ1n) is 8.10. The molecule has 0 unspecified atom stereocenters. The predicted molar refractivity (Wildman–Crippen MR) is 87.4 cm³/mol. The lowest BCUT2D eigenvalue weighted by Crippen LogP contribution is -2.39. The summed E-state index contributed by atoms with van der Waals surface area (Å²) in [6.45, 7) is 3.23. The highest BCUT2D eigenvalue weighted by Crippen LogP contribution is 2.19. The van der Waals surface area contributed by atoms with Gasteiger partial charge in [0.15, 0.2) is 0 Å². The van der Waals surface area contributed by atoms with Gasteiger partial charge >= 0.3 is 0 Å². The Labute approximate surface area is 141 Å². The maximum atomic E-state index is 11.8. The fourth-order valence-corrected chi connectivity index (χ4v) is 2.57. The molecule has 1 aromatic carbocycles. The van der Waals surface area contributed by atoms with E-state index in [4.69, 9.17) is 4.74 Å². The lowest BCUT2D eigenvalue weighted by Gasteiger charge is -2.19. The third-order valence-corrected chi connectivity index (χ3v) is 3.99. The van der Waals surface area contributed by atoms with Crippen molar-refractivity contribution in [3.05, 3.63) is 29.8 Å². The molecule has 24 heavy (non-hydrogen) atoms. The number of Topliss-reactive ketones (excluding diaryl/α,β-unsaturated/α-hetero) is 1. The SMILES string of the molecule is CC(=O)CCc1ccc(OC[C@@H](O)CN2C(=O)C[C@@H](C)C2=O)cc1.